The van der Waals surface area contributed by atoms with Crippen LogP contribution in [-0.2, 0) is 5.41 Å². The molecule has 0 saturated heterocycles. The van der Waals surface area contributed by atoms with Crippen LogP contribution in [0.4, 0.5) is 0 Å². The maximum Gasteiger partial charge on any atom is 0.0215 e. The number of hydrogen-bond acceptors (Lipinski definition) is 1. The van der Waals surface area contributed by atoms with E-state index in [4.69, 9.17) is 0 Å². The summed E-state index contributed by atoms with van der Waals surface area (Å²) in [5, 5.41) is 0. The zero-order chi connectivity index (χ0) is 17.7. The molecule has 0 bridgehead atoms. The first-order valence-corrected chi connectivity index (χ1v) is 9.17. The van der Waals surface area contributed by atoms with Gasteiger partial charge < -0.3 is 4.90 Å². The average Bonchev–Trinajstić information content (AvgIpc) is 2.53. The molecule has 0 aliphatic heterocycles. The first-order chi connectivity index (χ1) is 11.4. The van der Waals surface area contributed by atoms with Crippen molar-refractivity contribution >= 4 is 0 Å². The highest BCUT2D eigenvalue weighted by molar-refractivity contribution is 5.42. The second-order valence-corrected chi connectivity index (χ2v) is 7.69. The van der Waals surface area contributed by atoms with Crippen LogP contribution in [0.2, 0.25) is 0 Å². The summed E-state index contributed by atoms with van der Waals surface area (Å²) in [7, 11) is 4.38. The van der Waals surface area contributed by atoms with Gasteiger partial charge in [-0.2, -0.15) is 0 Å². The van der Waals surface area contributed by atoms with E-state index in [0.717, 1.165) is 6.54 Å². The van der Waals surface area contributed by atoms with Crippen molar-refractivity contribution < 1.29 is 0 Å². The minimum atomic E-state index is 0.0261. The second-order valence-electron chi connectivity index (χ2n) is 7.69. The fraction of sp³-hybridized carbons (Fsp3) is 0.478. The summed E-state index contributed by atoms with van der Waals surface area (Å²) >= 11 is 0. The molecule has 130 valence electrons. The first kappa shape index (κ1) is 18.7. The molecule has 2 aromatic rings. The molecule has 0 spiro atoms. The van der Waals surface area contributed by atoms with Gasteiger partial charge in [0.2, 0.25) is 0 Å². The highest BCUT2D eigenvalue weighted by Gasteiger charge is 2.37. The van der Waals surface area contributed by atoms with Crippen LogP contribution in [0.3, 0.4) is 0 Å². The van der Waals surface area contributed by atoms with Crippen molar-refractivity contribution in [3.63, 3.8) is 0 Å². The molecule has 1 heteroatoms. The van der Waals surface area contributed by atoms with E-state index in [1.807, 2.05) is 0 Å². The lowest BCUT2D eigenvalue weighted by molar-refractivity contribution is 0.235. The van der Waals surface area contributed by atoms with Crippen molar-refractivity contribution in [3.05, 3.63) is 70.8 Å². The van der Waals surface area contributed by atoms with E-state index in [0.29, 0.717) is 5.92 Å². The van der Waals surface area contributed by atoms with Gasteiger partial charge in [-0.3, -0.25) is 0 Å². The molecule has 0 amide bonds. The van der Waals surface area contributed by atoms with E-state index in [1.165, 1.54) is 35.1 Å². The van der Waals surface area contributed by atoms with Crippen LogP contribution in [0.5, 0.6) is 0 Å². The summed E-state index contributed by atoms with van der Waals surface area (Å²) < 4.78 is 0. The topological polar surface area (TPSA) is 3.24 Å². The predicted octanol–water partition coefficient (Wildman–Crippen LogP) is 5.59. The molecule has 0 saturated carbocycles. The molecule has 2 rings (SSSR count). The molecular formula is C23H33N. The largest absolute Gasteiger partial charge is 0.309 e. The van der Waals surface area contributed by atoms with Gasteiger partial charge in [0.1, 0.15) is 0 Å². The fourth-order valence-electron chi connectivity index (χ4n) is 3.93. The predicted molar refractivity (Wildman–Crippen MR) is 106 cm³/mol. The Labute approximate surface area is 148 Å². The third kappa shape index (κ3) is 4.08. The van der Waals surface area contributed by atoms with Crippen LogP contribution in [0.25, 0.3) is 0 Å². The average molecular weight is 324 g/mol. The molecule has 1 unspecified atom stereocenters. The highest BCUT2D eigenvalue weighted by atomic mass is 15.1. The second kappa shape index (κ2) is 7.98. The number of hydrogen-bond donors (Lipinski definition) is 0. The molecule has 24 heavy (non-hydrogen) atoms. The van der Waals surface area contributed by atoms with Crippen LogP contribution in [0, 0.1) is 19.8 Å². The monoisotopic (exact) mass is 323 g/mol. The van der Waals surface area contributed by atoms with Crippen molar-refractivity contribution in [2.75, 3.05) is 20.6 Å². The van der Waals surface area contributed by atoms with Crippen LogP contribution >= 0.6 is 0 Å². The van der Waals surface area contributed by atoms with Gasteiger partial charge in [-0.25, -0.2) is 0 Å². The number of benzene rings is 2. The molecule has 1 nitrogen and oxygen atoms in total. The minimum Gasteiger partial charge on any atom is -0.309 e. The lowest BCUT2D eigenvalue weighted by atomic mass is 9.65. The van der Waals surface area contributed by atoms with Crippen molar-refractivity contribution in [2.45, 2.75) is 46.0 Å². The van der Waals surface area contributed by atoms with Gasteiger partial charge >= 0.3 is 0 Å². The lowest BCUT2D eigenvalue weighted by Gasteiger charge is -2.41. The fourth-order valence-corrected chi connectivity index (χ4v) is 3.93. The van der Waals surface area contributed by atoms with Gasteiger partial charge in [-0.1, -0.05) is 79.9 Å². The molecule has 0 aliphatic carbocycles. The van der Waals surface area contributed by atoms with E-state index in [-0.39, 0.29) is 5.41 Å². The summed E-state index contributed by atoms with van der Waals surface area (Å²) in [5.74, 6) is 0.584. The Morgan fingerprint density at radius 2 is 1.42 bits per heavy atom. The molecule has 0 N–H and O–H groups in total. The standard InChI is InChI=1S/C23H33N/c1-7-10-22(17-24(5)6)23(4,20-13-8-11-18(2)15-20)21-14-9-12-19(3)16-21/h8-9,11-16,22H,7,10,17H2,1-6H3. The quantitative estimate of drug-likeness (QED) is 0.642. The zero-order valence-electron chi connectivity index (χ0n) is 16.3. The van der Waals surface area contributed by atoms with Crippen molar-refractivity contribution in [2.24, 2.45) is 5.92 Å². The number of rotatable bonds is 7. The molecule has 2 aromatic carbocycles. The van der Waals surface area contributed by atoms with E-state index in [9.17, 15) is 0 Å². The highest BCUT2D eigenvalue weighted by Crippen LogP contribution is 2.42. The van der Waals surface area contributed by atoms with Gasteiger partial charge in [-0.05, 0) is 51.4 Å². The van der Waals surface area contributed by atoms with Gasteiger partial charge in [0.15, 0.2) is 0 Å². The van der Waals surface area contributed by atoms with E-state index in [2.05, 4.69) is 95.2 Å². The van der Waals surface area contributed by atoms with Crippen molar-refractivity contribution in [1.82, 2.24) is 4.90 Å². The van der Waals surface area contributed by atoms with E-state index >= 15 is 0 Å². The summed E-state index contributed by atoms with van der Waals surface area (Å²) in [5.41, 5.74) is 5.58. The molecule has 0 radical (unpaired) electrons. The molecule has 0 fully saturated rings. The summed E-state index contributed by atoms with van der Waals surface area (Å²) in [6.45, 7) is 10.2. The van der Waals surface area contributed by atoms with Crippen LogP contribution < -0.4 is 0 Å². The first-order valence-electron chi connectivity index (χ1n) is 9.17. The Balaban J connectivity index is 2.63. The Bertz CT molecular complexity index is 611. The van der Waals surface area contributed by atoms with Crippen LogP contribution in [0.15, 0.2) is 48.5 Å². The lowest BCUT2D eigenvalue weighted by Crippen LogP contribution is -2.39. The Hall–Kier alpha value is -1.60. The van der Waals surface area contributed by atoms with Crippen molar-refractivity contribution in [3.8, 4) is 0 Å². The summed E-state index contributed by atoms with van der Waals surface area (Å²) in [6.07, 6.45) is 2.45. The zero-order valence-corrected chi connectivity index (χ0v) is 16.3. The maximum atomic E-state index is 2.44. The van der Waals surface area contributed by atoms with Gasteiger partial charge in [0.05, 0.1) is 0 Å². The van der Waals surface area contributed by atoms with Gasteiger partial charge in [-0.15, -0.1) is 0 Å². The normalized spacial score (nSPS) is 13.3. The summed E-state index contributed by atoms with van der Waals surface area (Å²) in [6, 6.07) is 18.2. The minimum absolute atomic E-state index is 0.0261. The third-order valence-electron chi connectivity index (χ3n) is 5.27. The van der Waals surface area contributed by atoms with Crippen LogP contribution in [-0.4, -0.2) is 25.5 Å². The van der Waals surface area contributed by atoms with E-state index < -0.39 is 0 Å². The van der Waals surface area contributed by atoms with Crippen LogP contribution in [0.1, 0.15) is 48.9 Å². The van der Waals surface area contributed by atoms with Gasteiger partial charge in [0.25, 0.3) is 0 Å². The maximum absolute atomic E-state index is 2.44. The molecule has 0 heterocycles. The Morgan fingerprint density at radius 3 is 1.79 bits per heavy atom. The smallest absolute Gasteiger partial charge is 0.0215 e. The number of nitrogens with zero attached hydrogens (tertiary/aromatic N) is 1. The third-order valence-corrected chi connectivity index (χ3v) is 5.27. The van der Waals surface area contributed by atoms with Gasteiger partial charge in [0, 0.05) is 12.0 Å². The van der Waals surface area contributed by atoms with Crippen molar-refractivity contribution in [1.29, 1.82) is 0 Å². The van der Waals surface area contributed by atoms with E-state index in [1.54, 1.807) is 0 Å². The summed E-state index contributed by atoms with van der Waals surface area (Å²) in [4.78, 5) is 2.34. The molecule has 1 atom stereocenters. The molecular weight excluding hydrogens is 290 g/mol. The molecule has 0 aliphatic rings. The molecule has 0 aromatic heterocycles. The number of aryl methyl sites for hydroxylation is 2. The Morgan fingerprint density at radius 1 is 0.917 bits per heavy atom. The SMILES string of the molecule is CCCC(CN(C)C)C(C)(c1cccc(C)c1)c1cccc(C)c1. The Kier molecular flexibility index (Phi) is 6.23.